The smallest absolute Gasteiger partial charge is 0.328 e. The summed E-state index contributed by atoms with van der Waals surface area (Å²) in [4.78, 5) is 10.8. The molecule has 34 heavy (non-hydrogen) atoms. The van der Waals surface area contributed by atoms with E-state index in [1.807, 2.05) is 18.2 Å². The van der Waals surface area contributed by atoms with Gasteiger partial charge in [0.05, 0.1) is 6.61 Å². The molecule has 1 aromatic carbocycles. The summed E-state index contributed by atoms with van der Waals surface area (Å²) in [5, 5.41) is 8.90. The van der Waals surface area contributed by atoms with E-state index in [4.69, 9.17) is 9.84 Å². The van der Waals surface area contributed by atoms with Crippen molar-refractivity contribution < 1.29 is 14.6 Å². The first kappa shape index (κ1) is 29.7. The number of carbonyl (C=O) groups is 1. The van der Waals surface area contributed by atoms with Gasteiger partial charge in [0.25, 0.3) is 0 Å². The van der Waals surface area contributed by atoms with Crippen molar-refractivity contribution in [1.82, 2.24) is 0 Å². The Morgan fingerprint density at radius 1 is 0.912 bits per heavy atom. The average Bonchev–Trinajstić information content (AvgIpc) is 2.70. The van der Waals surface area contributed by atoms with Gasteiger partial charge in [0, 0.05) is 17.2 Å². The predicted molar refractivity (Wildman–Crippen MR) is 147 cm³/mol. The quantitative estimate of drug-likeness (QED) is 0.189. The molecule has 0 saturated heterocycles. The van der Waals surface area contributed by atoms with Crippen molar-refractivity contribution in [2.24, 2.45) is 0 Å². The minimum atomic E-state index is -0.927. The third-order valence-electron chi connectivity index (χ3n) is 5.96. The molecule has 3 heteroatoms. The minimum absolute atomic E-state index is 0.0522. The number of benzene rings is 1. The van der Waals surface area contributed by atoms with Crippen LogP contribution in [0.5, 0.6) is 5.75 Å². The largest absolute Gasteiger partial charge is 0.493 e. The van der Waals surface area contributed by atoms with Crippen molar-refractivity contribution in [3.8, 4) is 5.75 Å². The van der Waals surface area contributed by atoms with Crippen molar-refractivity contribution in [3.63, 3.8) is 0 Å². The molecule has 1 N–H and O–H groups in total. The molecule has 0 amide bonds. The Hall–Kier alpha value is -2.29. The highest BCUT2D eigenvalue weighted by molar-refractivity contribution is 5.81. The number of unbranched alkanes of at least 4 members (excludes halogenated alkanes) is 5. The normalized spacial score (nSPS) is 13.6. The van der Waals surface area contributed by atoms with Gasteiger partial charge in [-0.1, -0.05) is 98.8 Å². The fourth-order valence-electron chi connectivity index (χ4n) is 3.87. The molecule has 1 rings (SSSR count). The van der Waals surface area contributed by atoms with Gasteiger partial charge in [0.2, 0.25) is 0 Å². The molecule has 3 nitrogen and oxygen atoms in total. The molecule has 0 bridgehead atoms. The van der Waals surface area contributed by atoms with Gasteiger partial charge >= 0.3 is 5.97 Å². The predicted octanol–water partition coefficient (Wildman–Crippen LogP) is 9.01. The summed E-state index contributed by atoms with van der Waals surface area (Å²) in [6.07, 6.45) is 14.5. The molecule has 0 unspecified atom stereocenters. The van der Waals surface area contributed by atoms with Gasteiger partial charge < -0.3 is 9.84 Å². The highest BCUT2D eigenvalue weighted by atomic mass is 16.5. The number of aliphatic carboxylic acids is 1. The lowest BCUT2D eigenvalue weighted by Crippen LogP contribution is -2.20. The minimum Gasteiger partial charge on any atom is -0.493 e. The summed E-state index contributed by atoms with van der Waals surface area (Å²) in [5.41, 5.74) is 5.39. The van der Waals surface area contributed by atoms with E-state index in [1.165, 1.54) is 54.9 Å². The first-order valence-corrected chi connectivity index (χ1v) is 12.9. The van der Waals surface area contributed by atoms with Crippen LogP contribution >= 0.6 is 0 Å². The van der Waals surface area contributed by atoms with Crippen molar-refractivity contribution in [2.75, 3.05) is 6.61 Å². The molecule has 0 spiro atoms. The van der Waals surface area contributed by atoms with Crippen LogP contribution in [-0.4, -0.2) is 17.7 Å². The van der Waals surface area contributed by atoms with Crippen molar-refractivity contribution in [2.45, 2.75) is 112 Å². The lowest BCUT2D eigenvalue weighted by molar-refractivity contribution is -0.131. The molecule has 0 fully saturated rings. The van der Waals surface area contributed by atoms with Crippen LogP contribution in [0.25, 0.3) is 5.57 Å². The second-order valence-electron chi connectivity index (χ2n) is 11.5. The Balaban J connectivity index is 3.29. The molecule has 0 radical (unpaired) electrons. The van der Waals surface area contributed by atoms with E-state index in [0.717, 1.165) is 24.4 Å². The first-order valence-electron chi connectivity index (χ1n) is 12.9. The van der Waals surface area contributed by atoms with E-state index in [-0.39, 0.29) is 10.8 Å². The van der Waals surface area contributed by atoms with Crippen LogP contribution < -0.4 is 4.74 Å². The molecular weight excluding hydrogens is 420 g/mol. The maximum Gasteiger partial charge on any atom is 0.328 e. The SMILES string of the molecule is CCCCCCCCOc1c(C(C)(C)C)cc(C(C)=CC=CC(C)=CC(=O)O)cc1C(C)(C)C. The monoisotopic (exact) mass is 468 g/mol. The number of carboxylic acids is 1. The number of hydrogen-bond donors (Lipinski definition) is 1. The Kier molecular flexibility index (Phi) is 11.9. The van der Waals surface area contributed by atoms with E-state index < -0.39 is 5.97 Å². The lowest BCUT2D eigenvalue weighted by Gasteiger charge is -2.31. The molecule has 0 aliphatic carbocycles. The van der Waals surface area contributed by atoms with Gasteiger partial charge in [0.1, 0.15) is 5.75 Å². The zero-order valence-electron chi connectivity index (χ0n) is 23.2. The fraction of sp³-hybridized carbons (Fsp3) is 0.581. The standard InChI is InChI=1S/C31H48O3/c1-10-11-12-13-14-15-19-34-29-26(30(4,5)6)21-25(22-27(29)31(7,8)9)24(3)18-16-17-23(2)20-28(32)33/h16-18,20-22H,10-15,19H2,1-9H3,(H,32,33). The number of ether oxygens (including phenoxy) is 1. The van der Waals surface area contributed by atoms with E-state index in [0.29, 0.717) is 5.57 Å². The third-order valence-corrected chi connectivity index (χ3v) is 5.96. The second kappa shape index (κ2) is 13.6. The summed E-state index contributed by atoms with van der Waals surface area (Å²) in [5.74, 6) is 0.116. The van der Waals surface area contributed by atoms with Crippen LogP contribution in [0.3, 0.4) is 0 Å². The van der Waals surface area contributed by atoms with Gasteiger partial charge in [-0.05, 0) is 59.9 Å². The molecule has 0 aliphatic rings. The zero-order chi connectivity index (χ0) is 25.9. The van der Waals surface area contributed by atoms with Crippen molar-refractivity contribution in [3.05, 3.63) is 58.7 Å². The van der Waals surface area contributed by atoms with Gasteiger partial charge in [-0.3, -0.25) is 0 Å². The van der Waals surface area contributed by atoms with Crippen LogP contribution in [0, 0.1) is 0 Å². The van der Waals surface area contributed by atoms with E-state index in [9.17, 15) is 4.79 Å². The molecule has 0 heterocycles. The van der Waals surface area contributed by atoms with E-state index in [1.54, 1.807) is 6.92 Å². The lowest BCUT2D eigenvalue weighted by atomic mass is 9.77. The maximum atomic E-state index is 10.8. The molecule has 0 saturated carbocycles. The van der Waals surface area contributed by atoms with Gasteiger partial charge in [0.15, 0.2) is 0 Å². The van der Waals surface area contributed by atoms with Crippen molar-refractivity contribution in [1.29, 1.82) is 0 Å². The average molecular weight is 469 g/mol. The fourth-order valence-corrected chi connectivity index (χ4v) is 3.87. The van der Waals surface area contributed by atoms with Crippen LogP contribution in [0.1, 0.15) is 118 Å². The van der Waals surface area contributed by atoms with Gasteiger partial charge in [-0.15, -0.1) is 0 Å². The third kappa shape index (κ3) is 10.3. The van der Waals surface area contributed by atoms with Crippen LogP contribution in [-0.2, 0) is 15.6 Å². The van der Waals surface area contributed by atoms with Crippen LogP contribution in [0.15, 0.2) is 42.0 Å². The summed E-state index contributed by atoms with van der Waals surface area (Å²) < 4.78 is 6.52. The van der Waals surface area contributed by atoms with Crippen LogP contribution in [0.4, 0.5) is 0 Å². The highest BCUT2D eigenvalue weighted by Crippen LogP contribution is 2.42. The summed E-state index contributed by atoms with van der Waals surface area (Å²) in [7, 11) is 0. The Morgan fingerprint density at radius 2 is 1.44 bits per heavy atom. The highest BCUT2D eigenvalue weighted by Gasteiger charge is 2.28. The Bertz CT molecular complexity index is 851. The summed E-state index contributed by atoms with van der Waals surface area (Å²) in [6.45, 7) is 20.4. The molecule has 1 aromatic rings. The molecule has 0 aliphatic heterocycles. The first-order chi connectivity index (χ1) is 15.8. The van der Waals surface area contributed by atoms with E-state index in [2.05, 4.69) is 67.5 Å². The molecule has 190 valence electrons. The zero-order valence-corrected chi connectivity index (χ0v) is 23.2. The van der Waals surface area contributed by atoms with Crippen LogP contribution in [0.2, 0.25) is 0 Å². The maximum absolute atomic E-state index is 10.8. The van der Waals surface area contributed by atoms with Crippen molar-refractivity contribution >= 4 is 11.5 Å². The number of allylic oxidation sites excluding steroid dienone is 5. The number of carboxylic acid groups (broad SMARTS) is 1. The Labute approximate surface area is 209 Å². The van der Waals surface area contributed by atoms with Gasteiger partial charge in [-0.25, -0.2) is 4.79 Å². The second-order valence-corrected chi connectivity index (χ2v) is 11.5. The van der Waals surface area contributed by atoms with E-state index >= 15 is 0 Å². The molecule has 0 atom stereocenters. The summed E-state index contributed by atoms with van der Waals surface area (Å²) in [6, 6.07) is 4.54. The molecule has 0 aromatic heterocycles. The number of rotatable bonds is 12. The topological polar surface area (TPSA) is 46.5 Å². The number of hydrogen-bond acceptors (Lipinski definition) is 2. The van der Waals surface area contributed by atoms with Gasteiger partial charge in [-0.2, -0.15) is 0 Å². The Morgan fingerprint density at radius 3 is 1.94 bits per heavy atom. The molecular formula is C31H48O3. The summed E-state index contributed by atoms with van der Waals surface area (Å²) >= 11 is 0.